The number of halogens is 1. The van der Waals surface area contributed by atoms with Crippen LogP contribution in [0, 0.1) is 5.92 Å². The van der Waals surface area contributed by atoms with E-state index in [0.29, 0.717) is 38.2 Å². The molecule has 1 saturated heterocycles. The Balaban J connectivity index is 1.85. The fourth-order valence-electron chi connectivity index (χ4n) is 3.78. The lowest BCUT2D eigenvalue weighted by Crippen LogP contribution is -2.57. The molecule has 1 fully saturated rings. The second-order valence-electron chi connectivity index (χ2n) is 8.58. The van der Waals surface area contributed by atoms with Gasteiger partial charge < -0.3 is 15.1 Å². The van der Waals surface area contributed by atoms with E-state index in [1.165, 1.54) is 12.8 Å². The number of amides is 3. The standard InChI is InChI=1S/C24H36BrN3O3/c1-4-5-6-7-8-12-21(29)26-22(18(2)3)24(31)28-15-13-27(14-16-28)23(30)19-10-9-11-20(25)17-19/h9-11,17-18,22H,4-8,12-16H2,1-3H3,(H,26,29). The predicted octanol–water partition coefficient (Wildman–Crippen LogP) is 4.23. The molecule has 1 aliphatic rings. The molecule has 0 saturated carbocycles. The van der Waals surface area contributed by atoms with Gasteiger partial charge in [-0.15, -0.1) is 0 Å². The first-order valence-electron chi connectivity index (χ1n) is 11.5. The summed E-state index contributed by atoms with van der Waals surface area (Å²) in [5.41, 5.74) is 0.639. The highest BCUT2D eigenvalue weighted by Crippen LogP contribution is 2.16. The van der Waals surface area contributed by atoms with Crippen molar-refractivity contribution in [2.75, 3.05) is 26.2 Å². The minimum atomic E-state index is -0.518. The Morgan fingerprint density at radius 3 is 2.26 bits per heavy atom. The Morgan fingerprint density at radius 1 is 1.00 bits per heavy atom. The highest BCUT2D eigenvalue weighted by Gasteiger charge is 2.31. The van der Waals surface area contributed by atoms with Crippen molar-refractivity contribution >= 4 is 33.7 Å². The smallest absolute Gasteiger partial charge is 0.254 e. The van der Waals surface area contributed by atoms with Crippen molar-refractivity contribution in [3.63, 3.8) is 0 Å². The molecule has 2 rings (SSSR count). The van der Waals surface area contributed by atoms with E-state index < -0.39 is 6.04 Å². The van der Waals surface area contributed by atoms with Crippen molar-refractivity contribution in [3.05, 3.63) is 34.3 Å². The summed E-state index contributed by atoms with van der Waals surface area (Å²) in [5.74, 6) is -0.112. The topological polar surface area (TPSA) is 69.7 Å². The summed E-state index contributed by atoms with van der Waals surface area (Å²) in [6.07, 6.45) is 5.91. The number of unbranched alkanes of at least 4 members (excludes halogenated alkanes) is 4. The third kappa shape index (κ3) is 7.95. The molecule has 1 atom stereocenters. The molecule has 0 radical (unpaired) electrons. The molecular formula is C24H36BrN3O3. The van der Waals surface area contributed by atoms with Gasteiger partial charge in [-0.25, -0.2) is 0 Å². The van der Waals surface area contributed by atoms with Crippen LogP contribution in [0.25, 0.3) is 0 Å². The molecule has 1 aromatic rings. The van der Waals surface area contributed by atoms with Crippen molar-refractivity contribution < 1.29 is 14.4 Å². The summed E-state index contributed by atoms with van der Waals surface area (Å²) in [5, 5.41) is 2.95. The average Bonchev–Trinajstić information content (AvgIpc) is 2.76. The van der Waals surface area contributed by atoms with E-state index in [1.807, 2.05) is 32.0 Å². The Hall–Kier alpha value is -1.89. The van der Waals surface area contributed by atoms with Gasteiger partial charge in [0.25, 0.3) is 5.91 Å². The second kappa shape index (κ2) is 12.8. The summed E-state index contributed by atoms with van der Waals surface area (Å²) in [7, 11) is 0. The number of nitrogens with zero attached hydrogens (tertiary/aromatic N) is 2. The SMILES string of the molecule is CCCCCCCC(=O)NC(C(=O)N1CCN(C(=O)c2cccc(Br)c2)CC1)C(C)C. The molecule has 1 unspecified atom stereocenters. The molecule has 31 heavy (non-hydrogen) atoms. The monoisotopic (exact) mass is 493 g/mol. The molecule has 1 heterocycles. The number of hydrogen-bond acceptors (Lipinski definition) is 3. The van der Waals surface area contributed by atoms with Crippen LogP contribution in [0.15, 0.2) is 28.7 Å². The van der Waals surface area contributed by atoms with Gasteiger partial charge in [0.1, 0.15) is 6.04 Å². The minimum absolute atomic E-state index is 0.0119. The molecule has 0 aliphatic carbocycles. The van der Waals surface area contributed by atoms with Crippen LogP contribution in [-0.4, -0.2) is 59.7 Å². The largest absolute Gasteiger partial charge is 0.344 e. The number of carbonyl (C=O) groups excluding carboxylic acids is 3. The number of hydrogen-bond donors (Lipinski definition) is 1. The van der Waals surface area contributed by atoms with Crippen LogP contribution in [-0.2, 0) is 9.59 Å². The minimum Gasteiger partial charge on any atom is -0.344 e. The molecule has 1 N–H and O–H groups in total. The van der Waals surface area contributed by atoms with Gasteiger partial charge in [0.15, 0.2) is 0 Å². The summed E-state index contributed by atoms with van der Waals surface area (Å²) >= 11 is 3.40. The summed E-state index contributed by atoms with van der Waals surface area (Å²) in [6, 6.07) is 6.83. The molecule has 7 heteroatoms. The number of benzene rings is 1. The van der Waals surface area contributed by atoms with Crippen molar-refractivity contribution in [2.24, 2.45) is 5.92 Å². The van der Waals surface area contributed by atoms with E-state index in [2.05, 4.69) is 28.2 Å². The van der Waals surface area contributed by atoms with E-state index in [-0.39, 0.29) is 23.6 Å². The van der Waals surface area contributed by atoms with Crippen molar-refractivity contribution in [1.29, 1.82) is 0 Å². The number of piperazine rings is 1. The first-order valence-corrected chi connectivity index (χ1v) is 12.3. The zero-order valence-electron chi connectivity index (χ0n) is 19.0. The zero-order chi connectivity index (χ0) is 22.8. The van der Waals surface area contributed by atoms with Crippen LogP contribution >= 0.6 is 15.9 Å². The highest BCUT2D eigenvalue weighted by atomic mass is 79.9. The van der Waals surface area contributed by atoms with Crippen LogP contribution in [0.2, 0.25) is 0 Å². The fourth-order valence-corrected chi connectivity index (χ4v) is 4.18. The van der Waals surface area contributed by atoms with Gasteiger partial charge in [0.2, 0.25) is 11.8 Å². The maximum atomic E-state index is 13.1. The van der Waals surface area contributed by atoms with Gasteiger partial charge in [-0.1, -0.05) is 68.5 Å². The molecular weight excluding hydrogens is 458 g/mol. The van der Waals surface area contributed by atoms with E-state index in [9.17, 15) is 14.4 Å². The van der Waals surface area contributed by atoms with Crippen LogP contribution in [0.5, 0.6) is 0 Å². The zero-order valence-corrected chi connectivity index (χ0v) is 20.6. The lowest BCUT2D eigenvalue weighted by molar-refractivity contribution is -0.139. The Labute approximate surface area is 194 Å². The van der Waals surface area contributed by atoms with E-state index in [0.717, 1.165) is 23.7 Å². The Bertz CT molecular complexity index is 745. The molecule has 172 valence electrons. The molecule has 0 spiro atoms. The Morgan fingerprint density at radius 2 is 1.65 bits per heavy atom. The number of carbonyl (C=O) groups is 3. The molecule has 3 amide bonds. The highest BCUT2D eigenvalue weighted by molar-refractivity contribution is 9.10. The van der Waals surface area contributed by atoms with Crippen LogP contribution in [0.4, 0.5) is 0 Å². The first kappa shape index (κ1) is 25.4. The third-order valence-corrected chi connectivity index (χ3v) is 6.20. The molecule has 6 nitrogen and oxygen atoms in total. The summed E-state index contributed by atoms with van der Waals surface area (Å²) in [6.45, 7) is 8.03. The van der Waals surface area contributed by atoms with E-state index in [4.69, 9.17) is 0 Å². The van der Waals surface area contributed by atoms with Crippen molar-refractivity contribution in [3.8, 4) is 0 Å². The van der Waals surface area contributed by atoms with Crippen molar-refractivity contribution in [2.45, 2.75) is 65.3 Å². The van der Waals surface area contributed by atoms with Crippen LogP contribution < -0.4 is 5.32 Å². The second-order valence-corrected chi connectivity index (χ2v) is 9.50. The fraction of sp³-hybridized carbons (Fsp3) is 0.625. The maximum Gasteiger partial charge on any atom is 0.254 e. The normalized spacial score (nSPS) is 15.1. The van der Waals surface area contributed by atoms with Gasteiger partial charge in [0.05, 0.1) is 0 Å². The van der Waals surface area contributed by atoms with Gasteiger partial charge in [-0.3, -0.25) is 14.4 Å². The van der Waals surface area contributed by atoms with Crippen LogP contribution in [0.1, 0.15) is 69.7 Å². The van der Waals surface area contributed by atoms with Gasteiger partial charge in [-0.05, 0) is 30.5 Å². The number of rotatable bonds is 10. The summed E-state index contributed by atoms with van der Waals surface area (Å²) < 4.78 is 0.869. The van der Waals surface area contributed by atoms with Gasteiger partial charge in [-0.2, -0.15) is 0 Å². The van der Waals surface area contributed by atoms with E-state index >= 15 is 0 Å². The molecule has 0 bridgehead atoms. The lowest BCUT2D eigenvalue weighted by Gasteiger charge is -2.37. The summed E-state index contributed by atoms with van der Waals surface area (Å²) in [4.78, 5) is 41.7. The quantitative estimate of drug-likeness (QED) is 0.495. The van der Waals surface area contributed by atoms with E-state index in [1.54, 1.807) is 15.9 Å². The predicted molar refractivity (Wildman–Crippen MR) is 127 cm³/mol. The molecule has 0 aromatic heterocycles. The Kier molecular flexibility index (Phi) is 10.5. The number of nitrogens with one attached hydrogen (secondary N) is 1. The van der Waals surface area contributed by atoms with Crippen LogP contribution in [0.3, 0.4) is 0 Å². The average molecular weight is 494 g/mol. The van der Waals surface area contributed by atoms with Gasteiger partial charge >= 0.3 is 0 Å². The first-order chi connectivity index (χ1) is 14.8. The maximum absolute atomic E-state index is 13.1. The van der Waals surface area contributed by atoms with Gasteiger partial charge in [0, 0.05) is 42.6 Å². The van der Waals surface area contributed by atoms with Crippen molar-refractivity contribution in [1.82, 2.24) is 15.1 Å². The third-order valence-electron chi connectivity index (χ3n) is 5.71. The molecule has 1 aliphatic heterocycles. The molecule has 1 aromatic carbocycles. The lowest BCUT2D eigenvalue weighted by atomic mass is 10.0.